The molecule has 4 rings (SSSR count). The van der Waals surface area contributed by atoms with Gasteiger partial charge in [0.25, 0.3) is 11.1 Å². The normalized spacial score (nSPS) is 8.79. The van der Waals surface area contributed by atoms with E-state index in [4.69, 9.17) is 41.0 Å². The maximum absolute atomic E-state index is 11.2. The monoisotopic (exact) mass is 675 g/mol. The van der Waals surface area contributed by atoms with Gasteiger partial charge in [0.15, 0.2) is 5.82 Å². The Morgan fingerprint density at radius 3 is 1.82 bits per heavy atom. The Kier molecular flexibility index (Phi) is 23.8. The minimum Gasteiger partial charge on any atom is -0.870 e. The van der Waals surface area contributed by atoms with Crippen LogP contribution in [0.3, 0.4) is 0 Å². The van der Waals surface area contributed by atoms with Gasteiger partial charge in [0.05, 0.1) is 31.2 Å². The van der Waals surface area contributed by atoms with Crippen LogP contribution in [-0.2, 0) is 0 Å². The van der Waals surface area contributed by atoms with Gasteiger partial charge in [0.1, 0.15) is 0 Å². The Morgan fingerprint density at radius 1 is 0.947 bits per heavy atom. The molecule has 0 saturated heterocycles. The van der Waals surface area contributed by atoms with Crippen LogP contribution in [0.1, 0.15) is 19.3 Å². The summed E-state index contributed by atoms with van der Waals surface area (Å²) in [6.07, 6.45) is 0. The van der Waals surface area contributed by atoms with Crippen LogP contribution in [0.15, 0.2) is 52.5 Å². The molecule has 4 heterocycles. The van der Waals surface area contributed by atoms with Crippen LogP contribution in [0.4, 0.5) is 0 Å². The third kappa shape index (κ3) is 17.7. The van der Waals surface area contributed by atoms with Crippen molar-refractivity contribution in [2.45, 2.75) is 0 Å². The fourth-order valence-corrected chi connectivity index (χ4v) is 4.13. The van der Waals surface area contributed by atoms with Gasteiger partial charge in [-0.15, -0.1) is 34.0 Å². The number of rotatable bonds is 6. The molecule has 4 aromatic rings. The molecule has 0 aliphatic rings. The zero-order valence-corrected chi connectivity index (χ0v) is 28.7. The molecule has 0 bridgehead atoms. The van der Waals surface area contributed by atoms with Crippen LogP contribution in [0.2, 0.25) is 0 Å². The van der Waals surface area contributed by atoms with Gasteiger partial charge in [-0.3, -0.25) is 19.8 Å². The van der Waals surface area contributed by atoms with Crippen LogP contribution in [-0.4, -0.2) is 54.9 Å². The van der Waals surface area contributed by atoms with Crippen molar-refractivity contribution in [2.24, 2.45) is 17.2 Å². The third-order valence-corrected chi connectivity index (χ3v) is 6.77. The number of halogens is 1. The number of carbonyl (C=O) groups excluding carboxylic acids is 2. The summed E-state index contributed by atoms with van der Waals surface area (Å²) >= 11 is 23.3. The number of thiophene rings is 3. The van der Waals surface area contributed by atoms with E-state index in [1.54, 1.807) is 29.5 Å². The second kappa shape index (κ2) is 23.0. The molecule has 0 unspecified atom stereocenters. The summed E-state index contributed by atoms with van der Waals surface area (Å²) in [5, 5.41) is 13.5. The summed E-state index contributed by atoms with van der Waals surface area (Å²) in [5.74, 6) is 0.683. The second-order valence-corrected chi connectivity index (χ2v) is 10.7. The molecule has 0 saturated carbocycles. The van der Waals surface area contributed by atoms with E-state index in [0.29, 0.717) is 31.0 Å². The molecule has 18 heteroatoms. The van der Waals surface area contributed by atoms with Crippen molar-refractivity contribution >= 4 is 103 Å². The minimum absolute atomic E-state index is 0. The van der Waals surface area contributed by atoms with E-state index in [0.717, 1.165) is 10.7 Å². The summed E-state index contributed by atoms with van der Waals surface area (Å²) < 4.78 is 0.494. The van der Waals surface area contributed by atoms with E-state index in [-0.39, 0.29) is 74.6 Å². The molecule has 0 aliphatic carbocycles. The number of carbonyl (C=O) groups is 2. The zero-order valence-electron chi connectivity index (χ0n) is 19.9. The smallest absolute Gasteiger partial charge is 0.870 e. The number of nitrogens with one attached hydrogen (secondary N) is 3. The predicted octanol–water partition coefficient (Wildman–Crippen LogP) is 1.15. The third-order valence-electron chi connectivity index (χ3n) is 3.34. The standard InChI is InChI=1S/C7H8N2OS2.C6H5N3S2.C5H3ClOS.C2H6N2S.K.H2O/c8-6(11)4-9-7(10)5-2-1-3-12-5;10-6-7-5(8-9-6)4-2-1-3-11-4;6-5(7)4-2-1-3-8-4;3-1-2(4)5;;/h1-3H,4H2,(H2,8,11)(H,9,10);1-3H,(H2,7,8,9,10);1-3H;1,3H2,(H2,4,5);;1H2/q;;;;+1;/p-1. The van der Waals surface area contributed by atoms with Gasteiger partial charge in [-0.2, -0.15) is 4.98 Å². The first-order valence-corrected chi connectivity index (χ1v) is 13.9. The molecule has 200 valence electrons. The van der Waals surface area contributed by atoms with Gasteiger partial charge in [-0.1, -0.05) is 42.6 Å². The Labute approximate surface area is 294 Å². The van der Waals surface area contributed by atoms with E-state index in [9.17, 15) is 9.59 Å². The molecular formula is C20H23ClKN7O3S6. The number of hydrogen-bond donors (Lipinski definition) is 6. The predicted molar refractivity (Wildman–Crippen MR) is 163 cm³/mol. The summed E-state index contributed by atoms with van der Waals surface area (Å²) in [5.41, 5.74) is 15.0. The number of thiocarbonyl (C=S) groups is 2. The Balaban J connectivity index is 0. The molecule has 38 heavy (non-hydrogen) atoms. The number of aromatic amines is 2. The molecule has 0 aliphatic heterocycles. The largest absolute Gasteiger partial charge is 1.00 e. The zero-order chi connectivity index (χ0) is 26.9. The van der Waals surface area contributed by atoms with Gasteiger partial charge in [-0.05, 0) is 58.2 Å². The molecule has 1 amide bonds. The number of nitrogens with zero attached hydrogens (tertiary/aromatic N) is 1. The Bertz CT molecular complexity index is 1260. The van der Waals surface area contributed by atoms with E-state index < -0.39 is 0 Å². The molecule has 0 spiro atoms. The van der Waals surface area contributed by atoms with Gasteiger partial charge in [-0.25, -0.2) is 0 Å². The quantitative estimate of drug-likeness (QED) is 0.0979. The van der Waals surface area contributed by atoms with Crippen LogP contribution in [0.5, 0.6) is 0 Å². The molecule has 0 atom stereocenters. The van der Waals surface area contributed by atoms with Crippen molar-refractivity contribution in [3.8, 4) is 10.7 Å². The van der Waals surface area contributed by atoms with Gasteiger partial charge in [0, 0.05) is 6.54 Å². The number of aromatic nitrogens is 3. The number of hydrogen-bond acceptors (Lipinski definition) is 11. The SMILES string of the molecule is NC(=S)CNC(=O)c1cccs1.NCC(N)=S.O=C(Cl)c1cccs1.S=c1nc(-c2cccs2)[nH][nH]1.[K+].[OH-]. The summed E-state index contributed by atoms with van der Waals surface area (Å²) in [4.78, 5) is 28.6. The van der Waals surface area contributed by atoms with Crippen molar-refractivity contribution in [3.63, 3.8) is 0 Å². The topological polar surface area (TPSA) is 199 Å². The average molecular weight is 676 g/mol. The van der Waals surface area contributed by atoms with Crippen molar-refractivity contribution < 1.29 is 66.4 Å². The van der Waals surface area contributed by atoms with Gasteiger partial charge in [0.2, 0.25) is 4.77 Å². The fourth-order valence-electron chi connectivity index (χ4n) is 1.85. The van der Waals surface area contributed by atoms with Gasteiger partial charge < -0.3 is 28.0 Å². The number of H-pyrrole nitrogens is 2. The summed E-state index contributed by atoms with van der Waals surface area (Å²) in [7, 11) is 0. The maximum Gasteiger partial charge on any atom is 1.00 e. The molecule has 0 radical (unpaired) electrons. The second-order valence-electron chi connectivity index (χ2n) is 6.04. The van der Waals surface area contributed by atoms with Crippen LogP contribution < -0.4 is 73.9 Å². The molecule has 0 aromatic carbocycles. The van der Waals surface area contributed by atoms with Crippen molar-refractivity contribution in [2.75, 3.05) is 13.1 Å². The Morgan fingerprint density at radius 2 is 1.47 bits per heavy atom. The molecule has 0 fully saturated rings. The molecule has 10 nitrogen and oxygen atoms in total. The molecule has 4 aromatic heterocycles. The molecule has 10 N–H and O–H groups in total. The minimum atomic E-state index is -0.375. The summed E-state index contributed by atoms with van der Waals surface area (Å²) in [6, 6.07) is 11.0. The maximum atomic E-state index is 11.2. The van der Waals surface area contributed by atoms with Crippen molar-refractivity contribution in [1.29, 1.82) is 0 Å². The van der Waals surface area contributed by atoms with Crippen molar-refractivity contribution in [3.05, 3.63) is 67.1 Å². The number of nitrogens with two attached hydrogens (primary N) is 3. The first-order valence-electron chi connectivity index (χ1n) is 9.64. The summed E-state index contributed by atoms with van der Waals surface area (Å²) in [6.45, 7) is 0.571. The van der Waals surface area contributed by atoms with E-state index >= 15 is 0 Å². The fraction of sp³-hybridized carbons (Fsp3) is 0.100. The number of amides is 1. The van der Waals surface area contributed by atoms with Gasteiger partial charge >= 0.3 is 51.4 Å². The first kappa shape index (κ1) is 39.4. The molecular weight excluding hydrogens is 653 g/mol. The first-order chi connectivity index (χ1) is 17.1. The van der Waals surface area contributed by atoms with E-state index in [1.807, 2.05) is 34.3 Å². The van der Waals surface area contributed by atoms with E-state index in [1.165, 1.54) is 22.7 Å². The van der Waals surface area contributed by atoms with Crippen LogP contribution in [0.25, 0.3) is 10.7 Å². The van der Waals surface area contributed by atoms with E-state index in [2.05, 4.69) is 44.9 Å². The van der Waals surface area contributed by atoms with Crippen LogP contribution >= 0.6 is 82.3 Å². The van der Waals surface area contributed by atoms with Crippen LogP contribution in [0, 0.1) is 4.77 Å². The Hall–Kier alpha value is -0.774. The van der Waals surface area contributed by atoms with Crippen molar-refractivity contribution in [1.82, 2.24) is 20.5 Å². The average Bonchev–Trinajstić information content (AvgIpc) is 3.65.